The third-order valence-corrected chi connectivity index (χ3v) is 7.74. The topological polar surface area (TPSA) is 58.9 Å². The molecule has 0 fully saturated rings. The molecular formula is C12H19BF2O4Si. The first-order valence-corrected chi connectivity index (χ1v) is 9.06. The van der Waals surface area contributed by atoms with Gasteiger partial charge in [0.15, 0.2) is 11.6 Å². The Bertz CT molecular complexity index is 489. The second-order valence-electron chi connectivity index (χ2n) is 6.02. The van der Waals surface area contributed by atoms with E-state index in [1.807, 2.05) is 33.9 Å². The Kier molecular flexibility index (Phi) is 4.83. The molecule has 4 nitrogen and oxygen atoms in total. The van der Waals surface area contributed by atoms with Crippen molar-refractivity contribution in [3.63, 3.8) is 0 Å². The largest absolute Gasteiger partial charge is 0.707 e. The summed E-state index contributed by atoms with van der Waals surface area (Å²) in [6.07, 6.45) is 0. The molecule has 0 saturated heterocycles. The summed E-state index contributed by atoms with van der Waals surface area (Å²) in [5, 5.41) is 17.3. The van der Waals surface area contributed by atoms with Crippen LogP contribution < -0.4 is 9.08 Å². The molecule has 0 aliphatic carbocycles. The summed E-state index contributed by atoms with van der Waals surface area (Å²) in [6, 6.07) is 2.03. The van der Waals surface area contributed by atoms with Gasteiger partial charge in [0.2, 0.25) is 8.32 Å². The van der Waals surface area contributed by atoms with E-state index in [4.69, 9.17) is 14.5 Å². The van der Waals surface area contributed by atoms with E-state index in [2.05, 4.69) is 4.65 Å². The molecule has 112 valence electrons. The molecule has 0 spiro atoms. The SMILES string of the molecule is CC(C)(C)[Si](C)(C)Oc1cc(F)c(F)c(OB(O)O)c1. The Morgan fingerprint density at radius 2 is 1.70 bits per heavy atom. The minimum atomic E-state index is -2.23. The lowest BCUT2D eigenvalue weighted by Gasteiger charge is -2.36. The third kappa shape index (κ3) is 3.94. The van der Waals surface area contributed by atoms with Crippen LogP contribution in [0.5, 0.6) is 11.5 Å². The Hall–Kier alpha value is -1.12. The van der Waals surface area contributed by atoms with Crippen LogP contribution in [0.2, 0.25) is 18.1 Å². The highest BCUT2D eigenvalue weighted by Gasteiger charge is 2.39. The lowest BCUT2D eigenvalue weighted by Crippen LogP contribution is -2.43. The lowest BCUT2D eigenvalue weighted by molar-refractivity contribution is 0.279. The number of halogens is 2. The molecule has 0 aliphatic heterocycles. The zero-order valence-corrected chi connectivity index (χ0v) is 13.2. The molecule has 0 aliphatic rings. The van der Waals surface area contributed by atoms with E-state index in [1.54, 1.807) is 0 Å². The normalized spacial score (nSPS) is 12.2. The van der Waals surface area contributed by atoms with Crippen molar-refractivity contribution < 1.29 is 27.9 Å². The monoisotopic (exact) mass is 304 g/mol. The molecule has 0 saturated carbocycles. The first kappa shape index (κ1) is 16.9. The van der Waals surface area contributed by atoms with Crippen LogP contribution in [0.3, 0.4) is 0 Å². The van der Waals surface area contributed by atoms with Crippen LogP contribution in [-0.2, 0) is 0 Å². The minimum absolute atomic E-state index is 0.103. The number of hydrogen-bond acceptors (Lipinski definition) is 4. The van der Waals surface area contributed by atoms with Crippen molar-refractivity contribution >= 4 is 15.6 Å². The van der Waals surface area contributed by atoms with Gasteiger partial charge in [-0.15, -0.1) is 0 Å². The first-order valence-electron chi connectivity index (χ1n) is 6.15. The predicted molar refractivity (Wildman–Crippen MR) is 75.0 cm³/mol. The zero-order chi connectivity index (χ0) is 15.7. The average Bonchev–Trinajstić information content (AvgIpc) is 2.22. The molecule has 2 N–H and O–H groups in total. The summed E-state index contributed by atoms with van der Waals surface area (Å²) in [5.41, 5.74) is 0. The van der Waals surface area contributed by atoms with Gasteiger partial charge in [0.1, 0.15) is 11.5 Å². The van der Waals surface area contributed by atoms with Crippen LogP contribution in [0, 0.1) is 11.6 Å². The highest BCUT2D eigenvalue weighted by atomic mass is 28.4. The second-order valence-corrected chi connectivity index (χ2v) is 10.7. The molecule has 1 aromatic carbocycles. The molecule has 1 rings (SSSR count). The van der Waals surface area contributed by atoms with Gasteiger partial charge in [0.25, 0.3) is 0 Å². The van der Waals surface area contributed by atoms with Gasteiger partial charge < -0.3 is 19.1 Å². The quantitative estimate of drug-likeness (QED) is 0.840. The molecule has 0 unspecified atom stereocenters. The fourth-order valence-corrected chi connectivity index (χ4v) is 2.26. The van der Waals surface area contributed by atoms with Gasteiger partial charge in [0, 0.05) is 12.1 Å². The van der Waals surface area contributed by atoms with Crippen LogP contribution in [0.25, 0.3) is 0 Å². The maximum Gasteiger partial charge on any atom is 0.707 e. The molecular weight excluding hydrogens is 285 g/mol. The summed E-state index contributed by atoms with van der Waals surface area (Å²) in [5.74, 6) is -2.96. The van der Waals surface area contributed by atoms with Crippen molar-refractivity contribution in [2.24, 2.45) is 0 Å². The fourth-order valence-electron chi connectivity index (χ4n) is 1.25. The number of hydrogen-bond donors (Lipinski definition) is 2. The molecule has 0 atom stereocenters. The molecule has 0 bridgehead atoms. The van der Waals surface area contributed by atoms with Crippen LogP contribution in [0.4, 0.5) is 8.78 Å². The molecule has 0 heterocycles. The molecule has 1 aromatic rings. The lowest BCUT2D eigenvalue weighted by atomic mass is 10.2. The Labute approximate surface area is 118 Å². The van der Waals surface area contributed by atoms with Crippen molar-refractivity contribution in [2.75, 3.05) is 0 Å². The van der Waals surface area contributed by atoms with Crippen LogP contribution in [-0.4, -0.2) is 25.7 Å². The van der Waals surface area contributed by atoms with Crippen LogP contribution >= 0.6 is 0 Å². The Morgan fingerprint density at radius 1 is 1.15 bits per heavy atom. The van der Waals surface area contributed by atoms with Gasteiger partial charge in [0.05, 0.1) is 0 Å². The standard InChI is InChI=1S/C12H19BF2O4Si/c1-12(2,3)20(4,5)19-8-6-9(14)11(15)10(7-8)18-13(16)17/h6-7,16-17H,1-5H3. The summed E-state index contributed by atoms with van der Waals surface area (Å²) < 4.78 is 37.1. The maximum absolute atomic E-state index is 13.5. The number of rotatable bonds is 4. The van der Waals surface area contributed by atoms with E-state index in [0.717, 1.165) is 12.1 Å². The summed E-state index contributed by atoms with van der Waals surface area (Å²) >= 11 is 0. The maximum atomic E-state index is 13.5. The molecule has 8 heteroatoms. The predicted octanol–water partition coefficient (Wildman–Crippen LogP) is 2.70. The van der Waals surface area contributed by atoms with Crippen molar-refractivity contribution in [1.82, 2.24) is 0 Å². The van der Waals surface area contributed by atoms with Crippen molar-refractivity contribution in [3.8, 4) is 11.5 Å². The first-order chi connectivity index (χ1) is 8.94. The van der Waals surface area contributed by atoms with Crippen LogP contribution in [0.15, 0.2) is 12.1 Å². The molecule has 0 radical (unpaired) electrons. The van der Waals surface area contributed by atoms with Gasteiger partial charge in [-0.3, -0.25) is 0 Å². The van der Waals surface area contributed by atoms with Gasteiger partial charge in [-0.05, 0) is 18.1 Å². The highest BCUT2D eigenvalue weighted by Crippen LogP contribution is 2.38. The van der Waals surface area contributed by atoms with Gasteiger partial charge >= 0.3 is 7.32 Å². The average molecular weight is 304 g/mol. The molecule has 0 amide bonds. The summed E-state index contributed by atoms with van der Waals surface area (Å²) in [7, 11) is -4.45. The van der Waals surface area contributed by atoms with E-state index < -0.39 is 33.0 Å². The van der Waals surface area contributed by atoms with Crippen molar-refractivity contribution in [2.45, 2.75) is 38.9 Å². The van der Waals surface area contributed by atoms with Gasteiger partial charge in [-0.25, -0.2) is 4.39 Å². The molecule has 20 heavy (non-hydrogen) atoms. The Balaban J connectivity index is 3.12. The van der Waals surface area contributed by atoms with Crippen LogP contribution in [0.1, 0.15) is 20.8 Å². The minimum Gasteiger partial charge on any atom is -0.543 e. The fraction of sp³-hybridized carbons (Fsp3) is 0.500. The highest BCUT2D eigenvalue weighted by molar-refractivity contribution is 6.74. The zero-order valence-electron chi connectivity index (χ0n) is 12.2. The van der Waals surface area contributed by atoms with Gasteiger partial charge in [-0.1, -0.05) is 20.8 Å². The van der Waals surface area contributed by atoms with E-state index in [9.17, 15) is 8.78 Å². The van der Waals surface area contributed by atoms with E-state index in [1.165, 1.54) is 0 Å². The molecule has 0 aromatic heterocycles. The Morgan fingerprint density at radius 3 is 2.15 bits per heavy atom. The second kappa shape index (κ2) is 5.71. The number of benzene rings is 1. The van der Waals surface area contributed by atoms with Gasteiger partial charge in [-0.2, -0.15) is 4.39 Å². The van der Waals surface area contributed by atoms with Crippen molar-refractivity contribution in [3.05, 3.63) is 23.8 Å². The van der Waals surface area contributed by atoms with E-state index in [-0.39, 0.29) is 10.8 Å². The van der Waals surface area contributed by atoms with Crippen molar-refractivity contribution in [1.29, 1.82) is 0 Å². The summed E-state index contributed by atoms with van der Waals surface area (Å²) in [6.45, 7) is 9.93. The smallest absolute Gasteiger partial charge is 0.543 e. The third-order valence-electron chi connectivity index (χ3n) is 3.38. The summed E-state index contributed by atoms with van der Waals surface area (Å²) in [4.78, 5) is 0. The van der Waals surface area contributed by atoms with E-state index >= 15 is 0 Å². The van der Waals surface area contributed by atoms with E-state index in [0.29, 0.717) is 0 Å².